The number of halogens is 1. The van der Waals surface area contributed by atoms with E-state index in [9.17, 15) is 4.79 Å². The number of nitrogens with zero attached hydrogens (tertiary/aromatic N) is 4. The van der Waals surface area contributed by atoms with Gasteiger partial charge in [-0.3, -0.25) is 9.20 Å². The van der Waals surface area contributed by atoms with Crippen LogP contribution in [0.1, 0.15) is 36.0 Å². The van der Waals surface area contributed by atoms with Gasteiger partial charge in [-0.1, -0.05) is 37.2 Å². The van der Waals surface area contributed by atoms with E-state index in [1.807, 2.05) is 4.40 Å². The van der Waals surface area contributed by atoms with Crippen LogP contribution in [0.5, 0.6) is 5.75 Å². The van der Waals surface area contributed by atoms with E-state index in [0.717, 1.165) is 21.7 Å². The summed E-state index contributed by atoms with van der Waals surface area (Å²) in [5, 5.41) is 13.9. The number of hydrogen-bond acceptors (Lipinski definition) is 7. The molecule has 0 radical (unpaired) electrons. The summed E-state index contributed by atoms with van der Waals surface area (Å²) in [7, 11) is 1.55. The molecule has 31 heavy (non-hydrogen) atoms. The molecule has 1 aromatic carbocycles. The molecule has 3 aromatic heterocycles. The molecule has 4 rings (SSSR count). The third kappa shape index (κ3) is 4.09. The summed E-state index contributed by atoms with van der Waals surface area (Å²) < 4.78 is 7.27. The Kier molecular flexibility index (Phi) is 6.09. The first-order valence-corrected chi connectivity index (χ1v) is 11.9. The summed E-state index contributed by atoms with van der Waals surface area (Å²) in [4.78, 5) is 19.7. The number of thiophene rings is 1. The zero-order valence-corrected chi connectivity index (χ0v) is 20.2. The van der Waals surface area contributed by atoms with Crippen LogP contribution in [0.2, 0.25) is 5.02 Å². The summed E-state index contributed by atoms with van der Waals surface area (Å²) in [6.45, 7) is 8.35. The van der Waals surface area contributed by atoms with E-state index in [1.54, 1.807) is 36.6 Å². The Morgan fingerprint density at radius 2 is 2.10 bits per heavy atom. The lowest BCUT2D eigenvalue weighted by Crippen LogP contribution is -2.15. The number of amides is 1. The lowest BCUT2D eigenvalue weighted by atomic mass is 10.2. The number of carbonyl (C=O) groups excluding carboxylic acids is 1. The number of carbonyl (C=O) groups is 1. The number of methoxy groups -OCH3 is 1. The second kappa shape index (κ2) is 8.64. The topological polar surface area (TPSA) is 81.4 Å². The molecule has 0 atom stereocenters. The van der Waals surface area contributed by atoms with Crippen molar-refractivity contribution >= 4 is 62.2 Å². The summed E-state index contributed by atoms with van der Waals surface area (Å²) in [5.74, 6) is 1.58. The van der Waals surface area contributed by atoms with E-state index < -0.39 is 0 Å². The van der Waals surface area contributed by atoms with Crippen molar-refractivity contribution in [3.05, 3.63) is 39.5 Å². The largest absolute Gasteiger partial charge is 0.495 e. The molecule has 0 unspecified atom stereocenters. The van der Waals surface area contributed by atoms with Gasteiger partial charge in [0.15, 0.2) is 10.8 Å². The molecule has 0 saturated heterocycles. The Morgan fingerprint density at radius 3 is 2.81 bits per heavy atom. The summed E-state index contributed by atoms with van der Waals surface area (Å²) in [6, 6.07) is 5.09. The first-order valence-electron chi connectivity index (χ1n) is 9.71. The number of fused-ring (bicyclic) bond motifs is 3. The molecule has 1 amide bonds. The fourth-order valence-electron chi connectivity index (χ4n) is 3.32. The van der Waals surface area contributed by atoms with Crippen LogP contribution in [0.3, 0.4) is 0 Å². The van der Waals surface area contributed by atoms with E-state index in [0.29, 0.717) is 21.6 Å². The smallest absolute Gasteiger partial charge is 0.234 e. The molecule has 4 aromatic rings. The Hall–Kier alpha value is -2.36. The number of rotatable bonds is 6. The molecule has 0 bridgehead atoms. The highest BCUT2D eigenvalue weighted by Gasteiger charge is 2.21. The average Bonchev–Trinajstić information content (AvgIpc) is 3.26. The summed E-state index contributed by atoms with van der Waals surface area (Å²) in [5.41, 5.74) is 2.49. The third-order valence-electron chi connectivity index (χ3n) is 4.95. The molecule has 10 heteroatoms. The van der Waals surface area contributed by atoms with Gasteiger partial charge in [0.1, 0.15) is 16.4 Å². The number of ether oxygens (including phenoxy) is 1. The van der Waals surface area contributed by atoms with Gasteiger partial charge in [0.25, 0.3) is 0 Å². The van der Waals surface area contributed by atoms with Gasteiger partial charge in [-0.25, -0.2) is 4.98 Å². The van der Waals surface area contributed by atoms with Crippen molar-refractivity contribution in [3.8, 4) is 5.75 Å². The van der Waals surface area contributed by atoms with Crippen LogP contribution in [0, 0.1) is 13.8 Å². The molecule has 0 spiro atoms. The summed E-state index contributed by atoms with van der Waals surface area (Å²) >= 11 is 9.04. The maximum Gasteiger partial charge on any atom is 0.234 e. The highest BCUT2D eigenvalue weighted by Crippen LogP contribution is 2.35. The molecular weight excluding hydrogens is 454 g/mol. The normalized spacial score (nSPS) is 11.6. The lowest BCUT2D eigenvalue weighted by molar-refractivity contribution is -0.113. The first-order chi connectivity index (χ1) is 14.8. The second-order valence-electron chi connectivity index (χ2n) is 7.41. The van der Waals surface area contributed by atoms with Crippen molar-refractivity contribution in [2.24, 2.45) is 0 Å². The van der Waals surface area contributed by atoms with Crippen molar-refractivity contribution in [2.45, 2.75) is 38.8 Å². The zero-order chi connectivity index (χ0) is 22.3. The van der Waals surface area contributed by atoms with Crippen LogP contribution in [0.4, 0.5) is 5.69 Å². The standard InChI is InChI=1S/C21H22ClN5O2S2/c1-10(2)18-24-20-17(11(3)12(4)31-20)19-25-26-21(27(18)19)30-9-16(28)23-14-8-13(22)6-7-15(14)29-5/h6-8,10H,9H2,1-5H3,(H,23,28). The maximum absolute atomic E-state index is 12.6. The van der Waals surface area contributed by atoms with E-state index >= 15 is 0 Å². The van der Waals surface area contributed by atoms with Crippen molar-refractivity contribution in [1.29, 1.82) is 0 Å². The maximum atomic E-state index is 12.6. The van der Waals surface area contributed by atoms with E-state index in [1.165, 1.54) is 22.2 Å². The highest BCUT2D eigenvalue weighted by molar-refractivity contribution is 7.99. The van der Waals surface area contributed by atoms with Gasteiger partial charge in [0.05, 0.1) is 23.9 Å². The van der Waals surface area contributed by atoms with Gasteiger partial charge in [0, 0.05) is 15.8 Å². The number of aryl methyl sites for hydroxylation is 2. The second-order valence-corrected chi connectivity index (χ2v) is 9.99. The minimum atomic E-state index is -0.190. The first kappa shape index (κ1) is 21.9. The molecule has 0 fully saturated rings. The summed E-state index contributed by atoms with van der Waals surface area (Å²) in [6.07, 6.45) is 0. The molecule has 0 saturated carbocycles. The van der Waals surface area contributed by atoms with Crippen LogP contribution in [0.15, 0.2) is 23.4 Å². The van der Waals surface area contributed by atoms with Crippen LogP contribution in [-0.2, 0) is 4.79 Å². The molecule has 0 aliphatic carbocycles. The molecule has 0 aliphatic heterocycles. The quantitative estimate of drug-likeness (QED) is 0.372. The number of hydrogen-bond donors (Lipinski definition) is 1. The minimum absolute atomic E-state index is 0.160. The third-order valence-corrected chi connectivity index (χ3v) is 7.22. The van der Waals surface area contributed by atoms with Gasteiger partial charge in [-0.2, -0.15) is 0 Å². The van der Waals surface area contributed by atoms with Crippen molar-refractivity contribution < 1.29 is 9.53 Å². The fraction of sp³-hybridized carbons (Fsp3) is 0.333. The van der Waals surface area contributed by atoms with Gasteiger partial charge >= 0.3 is 0 Å². The minimum Gasteiger partial charge on any atom is -0.495 e. The molecule has 3 heterocycles. The van der Waals surface area contributed by atoms with Crippen LogP contribution >= 0.6 is 34.7 Å². The SMILES string of the molecule is COc1ccc(Cl)cc1NC(=O)CSc1nnc2c3c(C)c(C)sc3nc(C(C)C)n12. The highest BCUT2D eigenvalue weighted by atomic mass is 35.5. The lowest BCUT2D eigenvalue weighted by Gasteiger charge is -2.11. The molecular formula is C21H22ClN5O2S2. The van der Waals surface area contributed by atoms with E-state index in [4.69, 9.17) is 21.3 Å². The predicted octanol–water partition coefficient (Wildman–Crippen LogP) is 5.47. The van der Waals surface area contributed by atoms with E-state index in [-0.39, 0.29) is 17.6 Å². The van der Waals surface area contributed by atoms with Gasteiger partial charge < -0.3 is 10.1 Å². The van der Waals surface area contributed by atoms with E-state index in [2.05, 4.69) is 43.2 Å². The Balaban J connectivity index is 1.64. The van der Waals surface area contributed by atoms with Gasteiger partial charge in [0.2, 0.25) is 5.91 Å². The molecule has 7 nitrogen and oxygen atoms in total. The predicted molar refractivity (Wildman–Crippen MR) is 127 cm³/mol. The number of thioether (sulfide) groups is 1. The zero-order valence-electron chi connectivity index (χ0n) is 17.8. The molecule has 0 aliphatic rings. The number of benzene rings is 1. The van der Waals surface area contributed by atoms with Gasteiger partial charge in [-0.05, 0) is 37.6 Å². The van der Waals surface area contributed by atoms with Gasteiger partial charge in [-0.15, -0.1) is 21.5 Å². The van der Waals surface area contributed by atoms with Crippen LogP contribution < -0.4 is 10.1 Å². The monoisotopic (exact) mass is 475 g/mol. The average molecular weight is 476 g/mol. The Morgan fingerprint density at radius 1 is 1.32 bits per heavy atom. The number of aromatic nitrogens is 4. The fourth-order valence-corrected chi connectivity index (χ4v) is 5.26. The Bertz CT molecular complexity index is 1300. The molecule has 1 N–H and O–H groups in total. The van der Waals surface area contributed by atoms with Crippen molar-refractivity contribution in [3.63, 3.8) is 0 Å². The van der Waals surface area contributed by atoms with Crippen LogP contribution in [-0.4, -0.2) is 38.4 Å². The molecule has 162 valence electrons. The van der Waals surface area contributed by atoms with Crippen LogP contribution in [0.25, 0.3) is 15.9 Å². The number of anilines is 1. The number of nitrogens with one attached hydrogen (secondary N) is 1. The van der Waals surface area contributed by atoms with Crippen molar-refractivity contribution in [2.75, 3.05) is 18.2 Å². The Labute approximate surface area is 193 Å². The van der Waals surface area contributed by atoms with Crippen molar-refractivity contribution in [1.82, 2.24) is 19.6 Å².